The van der Waals surface area contributed by atoms with E-state index < -0.39 is 17.1 Å². The lowest BCUT2D eigenvalue weighted by Gasteiger charge is -2.12. The van der Waals surface area contributed by atoms with E-state index in [-0.39, 0.29) is 26.2 Å². The molecule has 8 nitrogen and oxygen atoms in total. The topological polar surface area (TPSA) is 99.0 Å². The van der Waals surface area contributed by atoms with Crippen molar-refractivity contribution in [1.82, 2.24) is 13.7 Å². The highest BCUT2D eigenvalue weighted by Crippen LogP contribution is 2.12. The highest BCUT2D eigenvalue weighted by atomic mass is 16.5. The minimum Gasteiger partial charge on any atom is -0.492 e. The Morgan fingerprint density at radius 1 is 1.00 bits per heavy atom. The number of ether oxygens (including phenoxy) is 1. The second-order valence-corrected chi connectivity index (χ2v) is 5.29. The zero-order valence-corrected chi connectivity index (χ0v) is 14.1. The molecule has 2 rings (SSSR count). The molecule has 1 aromatic heterocycles. The molecule has 2 aromatic rings. The number of allylic oxidation sites excluding steroid dienone is 2. The molecular weight excluding hydrogens is 336 g/mol. The largest absolute Gasteiger partial charge is 0.492 e. The van der Waals surface area contributed by atoms with E-state index in [0.29, 0.717) is 11.3 Å². The Hall–Kier alpha value is -3.60. The zero-order valence-electron chi connectivity index (χ0n) is 14.1. The van der Waals surface area contributed by atoms with Crippen LogP contribution in [0.15, 0.2) is 64.0 Å². The molecule has 0 fully saturated rings. The molecule has 1 heterocycles. The lowest BCUT2D eigenvalue weighted by Crippen LogP contribution is -2.54. The first-order valence-corrected chi connectivity index (χ1v) is 7.82. The van der Waals surface area contributed by atoms with Gasteiger partial charge in [0, 0.05) is 0 Å². The zero-order chi connectivity index (χ0) is 19.1. The Kier molecular flexibility index (Phi) is 6.11. The molecule has 0 saturated heterocycles. The van der Waals surface area contributed by atoms with Crippen molar-refractivity contribution in [2.75, 3.05) is 6.61 Å². The maximum absolute atomic E-state index is 12.4. The molecule has 134 valence electrons. The first-order valence-electron chi connectivity index (χ1n) is 7.82. The van der Waals surface area contributed by atoms with Crippen LogP contribution >= 0.6 is 0 Å². The molecule has 0 spiro atoms. The van der Waals surface area contributed by atoms with Gasteiger partial charge in [0.25, 0.3) is 0 Å². The van der Waals surface area contributed by atoms with Gasteiger partial charge in [-0.15, -0.1) is 13.2 Å². The van der Waals surface area contributed by atoms with E-state index in [1.54, 1.807) is 24.3 Å². The monoisotopic (exact) mass is 354 g/mol. The summed E-state index contributed by atoms with van der Waals surface area (Å²) in [6.45, 7) is 6.97. The van der Waals surface area contributed by atoms with Gasteiger partial charge in [-0.3, -0.25) is 0 Å². The van der Waals surface area contributed by atoms with Gasteiger partial charge in [-0.1, -0.05) is 18.2 Å². The summed E-state index contributed by atoms with van der Waals surface area (Å²) in [6.07, 6.45) is 2.81. The average Bonchev–Trinajstić information content (AvgIpc) is 2.65. The molecule has 26 heavy (non-hydrogen) atoms. The van der Waals surface area contributed by atoms with E-state index in [1.807, 2.05) is 6.07 Å². The van der Waals surface area contributed by atoms with Gasteiger partial charge in [0.15, 0.2) is 0 Å². The first-order chi connectivity index (χ1) is 12.5. The Morgan fingerprint density at radius 3 is 2.12 bits per heavy atom. The number of rotatable bonds is 8. The summed E-state index contributed by atoms with van der Waals surface area (Å²) in [5.74, 6) is 0.447. The summed E-state index contributed by atoms with van der Waals surface area (Å²) in [5, 5.41) is 8.88. The van der Waals surface area contributed by atoms with Crippen LogP contribution in [0.4, 0.5) is 0 Å². The fourth-order valence-electron chi connectivity index (χ4n) is 2.35. The smallest absolute Gasteiger partial charge is 0.336 e. The fourth-order valence-corrected chi connectivity index (χ4v) is 2.35. The third-order valence-corrected chi connectivity index (χ3v) is 3.56. The van der Waals surface area contributed by atoms with Crippen molar-refractivity contribution in [2.24, 2.45) is 0 Å². The predicted octanol–water partition coefficient (Wildman–Crippen LogP) is 0.494. The molecular formula is C18H18N4O4. The summed E-state index contributed by atoms with van der Waals surface area (Å²) in [6, 6.07) is 8.52. The minimum absolute atomic E-state index is 0.0137. The fraction of sp³-hybridized carbons (Fsp3) is 0.222. The van der Waals surface area contributed by atoms with Crippen LogP contribution in [0.3, 0.4) is 0 Å². The van der Waals surface area contributed by atoms with Gasteiger partial charge < -0.3 is 4.74 Å². The number of hydrogen-bond donors (Lipinski definition) is 0. The molecule has 0 radical (unpaired) electrons. The Bertz CT molecular complexity index is 989. The number of nitrogens with zero attached hydrogens (tertiary/aromatic N) is 4. The Labute approximate surface area is 149 Å². The number of aromatic nitrogens is 3. The SMILES string of the molecule is C=CCn1c(=O)n(CC=C)c(=O)n(CCOc2cccc(C#N)c2)c1=O. The lowest BCUT2D eigenvalue weighted by atomic mass is 10.2. The molecule has 0 aliphatic carbocycles. The molecule has 0 aliphatic heterocycles. The quantitative estimate of drug-likeness (QED) is 0.643. The van der Waals surface area contributed by atoms with Crippen LogP contribution in [0.25, 0.3) is 0 Å². The highest BCUT2D eigenvalue weighted by Gasteiger charge is 2.14. The third kappa shape index (κ3) is 3.89. The molecule has 0 atom stereocenters. The number of hydrogen-bond acceptors (Lipinski definition) is 5. The molecule has 1 aromatic carbocycles. The minimum atomic E-state index is -0.727. The van der Waals surface area contributed by atoms with Gasteiger partial charge in [-0.2, -0.15) is 5.26 Å². The van der Waals surface area contributed by atoms with Crippen molar-refractivity contribution in [3.63, 3.8) is 0 Å². The Morgan fingerprint density at radius 2 is 1.58 bits per heavy atom. The summed E-state index contributed by atoms with van der Waals surface area (Å²) in [5.41, 5.74) is -1.73. The van der Waals surface area contributed by atoms with Crippen molar-refractivity contribution in [3.8, 4) is 11.8 Å². The van der Waals surface area contributed by atoms with Gasteiger partial charge in [-0.25, -0.2) is 28.1 Å². The van der Waals surface area contributed by atoms with Crippen molar-refractivity contribution < 1.29 is 4.74 Å². The van der Waals surface area contributed by atoms with Gasteiger partial charge in [0.2, 0.25) is 0 Å². The molecule has 8 heteroatoms. The molecule has 0 amide bonds. The highest BCUT2D eigenvalue weighted by molar-refractivity contribution is 5.36. The van der Waals surface area contributed by atoms with Gasteiger partial charge in [0.1, 0.15) is 12.4 Å². The van der Waals surface area contributed by atoms with Crippen molar-refractivity contribution >= 4 is 0 Å². The maximum atomic E-state index is 12.4. The average molecular weight is 354 g/mol. The van der Waals surface area contributed by atoms with E-state index >= 15 is 0 Å². The third-order valence-electron chi connectivity index (χ3n) is 3.56. The van der Waals surface area contributed by atoms with Crippen molar-refractivity contribution in [1.29, 1.82) is 5.26 Å². The second-order valence-electron chi connectivity index (χ2n) is 5.29. The van der Waals surface area contributed by atoms with Gasteiger partial charge in [0.05, 0.1) is 31.3 Å². The summed E-state index contributed by atoms with van der Waals surface area (Å²) < 4.78 is 8.29. The summed E-state index contributed by atoms with van der Waals surface area (Å²) >= 11 is 0. The molecule has 0 N–H and O–H groups in total. The number of benzene rings is 1. The van der Waals surface area contributed by atoms with Gasteiger partial charge >= 0.3 is 17.1 Å². The molecule has 0 unspecified atom stereocenters. The first kappa shape index (κ1) is 18.7. The summed E-state index contributed by atoms with van der Waals surface area (Å²) in [7, 11) is 0. The van der Waals surface area contributed by atoms with Crippen LogP contribution in [0, 0.1) is 11.3 Å². The van der Waals surface area contributed by atoms with E-state index in [4.69, 9.17) is 10.00 Å². The van der Waals surface area contributed by atoms with E-state index in [2.05, 4.69) is 13.2 Å². The molecule has 0 saturated carbocycles. The normalized spacial score (nSPS) is 10.1. The number of nitriles is 1. The van der Waals surface area contributed by atoms with Crippen LogP contribution in [-0.2, 0) is 19.6 Å². The standard InChI is InChI=1S/C18H18N4O4/c1-3-8-20-16(23)21(9-4-2)18(25)22(17(20)24)10-11-26-15-7-5-6-14(12-15)13-19/h3-7,12H,1-2,8-11H2. The van der Waals surface area contributed by atoms with Crippen molar-refractivity contribution in [2.45, 2.75) is 19.6 Å². The lowest BCUT2D eigenvalue weighted by molar-refractivity contribution is 0.286. The van der Waals surface area contributed by atoms with E-state index in [9.17, 15) is 14.4 Å². The van der Waals surface area contributed by atoms with Crippen LogP contribution in [0.2, 0.25) is 0 Å². The summed E-state index contributed by atoms with van der Waals surface area (Å²) in [4.78, 5) is 37.1. The van der Waals surface area contributed by atoms with Crippen LogP contribution in [0.5, 0.6) is 5.75 Å². The maximum Gasteiger partial charge on any atom is 0.336 e. The molecule has 0 bridgehead atoms. The molecule has 0 aliphatic rings. The second kappa shape index (κ2) is 8.48. The predicted molar refractivity (Wildman–Crippen MR) is 96.3 cm³/mol. The van der Waals surface area contributed by atoms with Crippen LogP contribution in [-0.4, -0.2) is 20.3 Å². The van der Waals surface area contributed by atoms with Crippen LogP contribution < -0.4 is 21.8 Å². The van der Waals surface area contributed by atoms with E-state index in [0.717, 1.165) is 13.7 Å². The van der Waals surface area contributed by atoms with Crippen LogP contribution in [0.1, 0.15) is 5.56 Å². The Balaban J connectivity index is 2.33. The van der Waals surface area contributed by atoms with Crippen molar-refractivity contribution in [3.05, 3.63) is 86.6 Å². The van der Waals surface area contributed by atoms with E-state index in [1.165, 1.54) is 12.2 Å². The van der Waals surface area contributed by atoms with Gasteiger partial charge in [-0.05, 0) is 18.2 Å².